The van der Waals surface area contributed by atoms with Crippen LogP contribution in [0.15, 0.2) is 59.4 Å². The van der Waals surface area contributed by atoms with Crippen LogP contribution in [0.3, 0.4) is 0 Å². The van der Waals surface area contributed by atoms with Crippen LogP contribution in [0.4, 0.5) is 0 Å². The molecule has 3 rings (SSSR count). The fraction of sp³-hybridized carbons (Fsp3) is 0.167. The first-order valence-corrected chi connectivity index (χ1v) is 8.01. The summed E-state index contributed by atoms with van der Waals surface area (Å²) in [5.41, 5.74) is 1.84. The van der Waals surface area contributed by atoms with Gasteiger partial charge in [-0.15, -0.1) is 0 Å². The van der Waals surface area contributed by atoms with Gasteiger partial charge in [0, 0.05) is 25.5 Å². The first-order valence-electron chi connectivity index (χ1n) is 8.01. The van der Waals surface area contributed by atoms with E-state index in [0.29, 0.717) is 13.1 Å². The van der Waals surface area contributed by atoms with E-state index in [0.717, 1.165) is 11.1 Å². The number of nitrogens with one attached hydrogen (secondary N) is 2. The van der Waals surface area contributed by atoms with Crippen LogP contribution in [0.2, 0.25) is 0 Å². The lowest BCUT2D eigenvalue weighted by atomic mass is 10.2. The van der Waals surface area contributed by atoms with Crippen molar-refractivity contribution >= 4 is 11.8 Å². The van der Waals surface area contributed by atoms with Crippen molar-refractivity contribution in [1.29, 1.82) is 0 Å². The van der Waals surface area contributed by atoms with Gasteiger partial charge in [0.2, 0.25) is 5.91 Å². The van der Waals surface area contributed by atoms with Crippen molar-refractivity contribution in [3.8, 4) is 0 Å². The zero-order chi connectivity index (χ0) is 18.2. The van der Waals surface area contributed by atoms with Gasteiger partial charge in [0.25, 0.3) is 0 Å². The van der Waals surface area contributed by atoms with Gasteiger partial charge < -0.3 is 15.2 Å². The average Bonchev–Trinajstić information content (AvgIpc) is 3.14. The van der Waals surface area contributed by atoms with Crippen molar-refractivity contribution in [2.45, 2.75) is 19.5 Å². The lowest BCUT2D eigenvalue weighted by molar-refractivity contribution is -0.120. The fourth-order valence-corrected chi connectivity index (χ4v) is 2.18. The van der Waals surface area contributed by atoms with Crippen molar-refractivity contribution in [3.63, 3.8) is 0 Å². The van der Waals surface area contributed by atoms with Gasteiger partial charge in [-0.25, -0.2) is 0 Å². The highest BCUT2D eigenvalue weighted by Gasteiger charge is 2.16. The lowest BCUT2D eigenvalue weighted by Crippen LogP contribution is -2.25. The van der Waals surface area contributed by atoms with Gasteiger partial charge in [-0.3, -0.25) is 14.6 Å². The number of pyridine rings is 1. The number of amides is 2. The minimum atomic E-state index is -0.503. The summed E-state index contributed by atoms with van der Waals surface area (Å²) in [5, 5.41) is 9.08. The highest BCUT2D eigenvalue weighted by atomic mass is 16.5. The SMILES string of the molecule is O=C(Cc1noc(C(=O)NCc2cccnc2)n1)NCc1ccccc1. The summed E-state index contributed by atoms with van der Waals surface area (Å²) in [5.74, 6) is -0.781. The summed E-state index contributed by atoms with van der Waals surface area (Å²) in [6.45, 7) is 0.706. The number of benzene rings is 1. The van der Waals surface area contributed by atoms with Crippen molar-refractivity contribution in [1.82, 2.24) is 25.8 Å². The van der Waals surface area contributed by atoms with Gasteiger partial charge in [0.1, 0.15) is 0 Å². The molecule has 0 atom stereocenters. The maximum atomic E-state index is 12.0. The normalized spacial score (nSPS) is 10.3. The Morgan fingerprint density at radius 2 is 1.73 bits per heavy atom. The third-order valence-corrected chi connectivity index (χ3v) is 3.49. The first-order chi connectivity index (χ1) is 12.7. The molecular weight excluding hydrogens is 334 g/mol. The van der Waals surface area contributed by atoms with E-state index < -0.39 is 5.91 Å². The van der Waals surface area contributed by atoms with Gasteiger partial charge in [0.15, 0.2) is 5.82 Å². The Bertz CT molecular complexity index is 865. The molecule has 8 heteroatoms. The Hall–Kier alpha value is -3.55. The van der Waals surface area contributed by atoms with Crippen LogP contribution in [0.25, 0.3) is 0 Å². The van der Waals surface area contributed by atoms with E-state index in [1.54, 1.807) is 18.5 Å². The number of rotatable bonds is 7. The van der Waals surface area contributed by atoms with Gasteiger partial charge in [0.05, 0.1) is 6.42 Å². The van der Waals surface area contributed by atoms with Crippen LogP contribution >= 0.6 is 0 Å². The Labute approximate surface area is 149 Å². The smallest absolute Gasteiger partial charge is 0.315 e. The molecule has 2 aromatic heterocycles. The third kappa shape index (κ3) is 4.97. The molecule has 2 amide bonds. The molecule has 2 N–H and O–H groups in total. The minimum Gasteiger partial charge on any atom is -0.352 e. The van der Waals surface area contributed by atoms with Crippen LogP contribution in [-0.2, 0) is 24.3 Å². The Balaban J connectivity index is 1.47. The zero-order valence-electron chi connectivity index (χ0n) is 13.9. The monoisotopic (exact) mass is 351 g/mol. The van der Waals surface area contributed by atoms with Crippen LogP contribution in [0.5, 0.6) is 0 Å². The maximum Gasteiger partial charge on any atom is 0.315 e. The summed E-state index contributed by atoms with van der Waals surface area (Å²) < 4.78 is 4.91. The van der Waals surface area contributed by atoms with Crippen molar-refractivity contribution in [2.24, 2.45) is 0 Å². The molecule has 1 aromatic carbocycles. The fourth-order valence-electron chi connectivity index (χ4n) is 2.18. The molecule has 8 nitrogen and oxygen atoms in total. The van der Waals surface area contributed by atoms with E-state index in [1.165, 1.54) is 0 Å². The van der Waals surface area contributed by atoms with Crippen LogP contribution in [0, 0.1) is 0 Å². The molecule has 0 unspecified atom stereocenters. The highest BCUT2D eigenvalue weighted by Crippen LogP contribution is 2.01. The van der Waals surface area contributed by atoms with Crippen molar-refractivity contribution < 1.29 is 14.1 Å². The molecule has 0 spiro atoms. The maximum absolute atomic E-state index is 12.0. The molecule has 132 valence electrons. The molecule has 0 bridgehead atoms. The molecule has 3 aromatic rings. The molecule has 0 fully saturated rings. The van der Waals surface area contributed by atoms with E-state index in [1.807, 2.05) is 36.4 Å². The number of aromatic nitrogens is 3. The summed E-state index contributed by atoms with van der Waals surface area (Å²) in [6.07, 6.45) is 3.24. The van der Waals surface area contributed by atoms with E-state index in [-0.39, 0.29) is 24.0 Å². The molecule has 2 heterocycles. The second-order valence-corrected chi connectivity index (χ2v) is 5.50. The molecule has 0 aliphatic rings. The summed E-state index contributed by atoms with van der Waals surface area (Å²) in [4.78, 5) is 31.9. The minimum absolute atomic E-state index is 0.0633. The van der Waals surface area contributed by atoms with Crippen LogP contribution < -0.4 is 10.6 Å². The van der Waals surface area contributed by atoms with E-state index >= 15 is 0 Å². The Kier molecular flexibility index (Phi) is 5.66. The third-order valence-electron chi connectivity index (χ3n) is 3.49. The average molecular weight is 351 g/mol. The number of hydrogen-bond acceptors (Lipinski definition) is 6. The van der Waals surface area contributed by atoms with E-state index in [4.69, 9.17) is 4.52 Å². The second-order valence-electron chi connectivity index (χ2n) is 5.50. The lowest BCUT2D eigenvalue weighted by Gasteiger charge is -2.03. The molecule has 0 saturated carbocycles. The zero-order valence-corrected chi connectivity index (χ0v) is 13.9. The predicted molar refractivity (Wildman–Crippen MR) is 91.7 cm³/mol. The largest absolute Gasteiger partial charge is 0.352 e. The predicted octanol–water partition coefficient (Wildman–Crippen LogP) is 1.25. The summed E-state index contributed by atoms with van der Waals surface area (Å²) in [6, 6.07) is 13.2. The van der Waals surface area contributed by atoms with Gasteiger partial charge >= 0.3 is 11.8 Å². The molecule has 26 heavy (non-hydrogen) atoms. The number of hydrogen-bond donors (Lipinski definition) is 2. The van der Waals surface area contributed by atoms with Crippen LogP contribution in [-0.4, -0.2) is 26.9 Å². The number of carbonyl (C=O) groups is 2. The summed E-state index contributed by atoms with van der Waals surface area (Å²) in [7, 11) is 0. The first kappa shape index (κ1) is 17.3. The van der Waals surface area contributed by atoms with E-state index in [9.17, 15) is 9.59 Å². The molecule has 0 saturated heterocycles. The standard InChI is InChI=1S/C18H17N5O3/c24-16(20-11-13-5-2-1-3-6-13)9-15-22-18(26-23-15)17(25)21-12-14-7-4-8-19-10-14/h1-8,10H,9,11-12H2,(H,20,24)(H,21,25). The quantitative estimate of drug-likeness (QED) is 0.663. The van der Waals surface area contributed by atoms with Gasteiger partial charge in [-0.2, -0.15) is 4.98 Å². The number of nitrogens with zero attached hydrogens (tertiary/aromatic N) is 3. The van der Waals surface area contributed by atoms with Crippen molar-refractivity contribution in [2.75, 3.05) is 0 Å². The number of carbonyl (C=O) groups excluding carboxylic acids is 2. The molecule has 0 radical (unpaired) electrons. The highest BCUT2D eigenvalue weighted by molar-refractivity contribution is 5.89. The van der Waals surface area contributed by atoms with Crippen LogP contribution in [0.1, 0.15) is 27.6 Å². The van der Waals surface area contributed by atoms with Crippen molar-refractivity contribution in [3.05, 3.63) is 77.7 Å². The molecule has 0 aliphatic carbocycles. The van der Waals surface area contributed by atoms with Gasteiger partial charge in [-0.1, -0.05) is 41.6 Å². The summed E-state index contributed by atoms with van der Waals surface area (Å²) >= 11 is 0. The molecular formula is C18H17N5O3. The second kappa shape index (κ2) is 8.52. The van der Waals surface area contributed by atoms with E-state index in [2.05, 4.69) is 25.8 Å². The Morgan fingerprint density at radius 3 is 2.50 bits per heavy atom. The van der Waals surface area contributed by atoms with Gasteiger partial charge in [-0.05, 0) is 17.2 Å². The Morgan fingerprint density at radius 1 is 0.962 bits per heavy atom. The molecule has 0 aliphatic heterocycles. The topological polar surface area (TPSA) is 110 Å².